The predicted molar refractivity (Wildman–Crippen MR) is 265 cm³/mol. The average molecular weight is 907 g/mol. The lowest BCUT2D eigenvalue weighted by molar-refractivity contribution is -0.124. The standard InChI is InChI=1S/C54H102N2O8/c1-45(2)25-17-20-31-49(57)28-14-11-9-10-12-23-38-62-42-54(41-48(7)8,43-63-39-34-51(59)30-16-13-15-29-50(58)32-21-18-26-46(3)4)44-64-40-35-53(61)56-37-24-36-55-52(60)33-22-19-27-47(5)6/h45-48H,9-44H2,1-8H3,(H,55,60)(H,56,61). The van der Waals surface area contributed by atoms with Crippen LogP contribution in [0.2, 0.25) is 0 Å². The molecule has 0 aliphatic rings. The van der Waals surface area contributed by atoms with E-state index in [1.165, 1.54) is 12.8 Å². The molecule has 0 rings (SSSR count). The van der Waals surface area contributed by atoms with Gasteiger partial charge in [0.25, 0.3) is 0 Å². The van der Waals surface area contributed by atoms with Crippen LogP contribution < -0.4 is 10.6 Å². The molecule has 0 radical (unpaired) electrons. The molecule has 0 aromatic carbocycles. The van der Waals surface area contributed by atoms with Crippen molar-refractivity contribution in [1.82, 2.24) is 10.6 Å². The van der Waals surface area contributed by atoms with Crippen LogP contribution in [0.5, 0.6) is 0 Å². The molecule has 0 saturated carbocycles. The lowest BCUT2D eigenvalue weighted by Gasteiger charge is -2.35. The first-order valence-electron chi connectivity index (χ1n) is 26.5. The third-order valence-electron chi connectivity index (χ3n) is 11.9. The van der Waals surface area contributed by atoms with E-state index in [-0.39, 0.29) is 30.6 Å². The molecule has 0 aliphatic carbocycles. The average Bonchev–Trinajstić information content (AvgIpc) is 3.23. The van der Waals surface area contributed by atoms with Crippen LogP contribution in [0.1, 0.15) is 235 Å². The van der Waals surface area contributed by atoms with E-state index in [1.807, 2.05) is 0 Å². The van der Waals surface area contributed by atoms with E-state index >= 15 is 0 Å². The summed E-state index contributed by atoms with van der Waals surface area (Å²) in [6, 6.07) is 0. The van der Waals surface area contributed by atoms with Crippen LogP contribution in [0.25, 0.3) is 0 Å². The Hall–Kier alpha value is -2.17. The van der Waals surface area contributed by atoms with Gasteiger partial charge in [-0.25, -0.2) is 0 Å². The summed E-state index contributed by atoms with van der Waals surface area (Å²) in [6.45, 7) is 21.3. The molecule has 0 aromatic rings. The Morgan fingerprint density at radius 3 is 1.16 bits per heavy atom. The second-order valence-electron chi connectivity index (χ2n) is 20.8. The number of nitrogens with one attached hydrogen (secondary N) is 2. The highest BCUT2D eigenvalue weighted by atomic mass is 16.5. The van der Waals surface area contributed by atoms with Gasteiger partial charge in [-0.15, -0.1) is 0 Å². The Morgan fingerprint density at radius 1 is 0.359 bits per heavy atom. The number of hydrogen-bond donors (Lipinski definition) is 2. The predicted octanol–water partition coefficient (Wildman–Crippen LogP) is 12.5. The lowest BCUT2D eigenvalue weighted by atomic mass is 9.82. The maximum Gasteiger partial charge on any atom is 0.222 e. The van der Waals surface area contributed by atoms with Crippen LogP contribution in [-0.2, 0) is 38.2 Å². The number of hydrogen-bond acceptors (Lipinski definition) is 8. The normalized spacial score (nSPS) is 12.7. The van der Waals surface area contributed by atoms with E-state index in [4.69, 9.17) is 14.2 Å². The molecule has 1 unspecified atom stereocenters. The van der Waals surface area contributed by atoms with Crippen molar-refractivity contribution in [2.24, 2.45) is 29.1 Å². The number of ether oxygens (including phenoxy) is 3. The van der Waals surface area contributed by atoms with Gasteiger partial charge >= 0.3 is 0 Å². The largest absolute Gasteiger partial charge is 0.381 e. The number of carbonyl (C=O) groups is 5. The second-order valence-corrected chi connectivity index (χ2v) is 20.8. The minimum Gasteiger partial charge on any atom is -0.381 e. The minimum absolute atomic E-state index is 0.0746. The van der Waals surface area contributed by atoms with Crippen molar-refractivity contribution in [2.75, 3.05) is 52.7 Å². The van der Waals surface area contributed by atoms with Gasteiger partial charge in [0.2, 0.25) is 11.8 Å². The highest BCUT2D eigenvalue weighted by Crippen LogP contribution is 2.29. The van der Waals surface area contributed by atoms with Crippen LogP contribution in [0.4, 0.5) is 0 Å². The zero-order valence-electron chi connectivity index (χ0n) is 43.0. The van der Waals surface area contributed by atoms with Gasteiger partial charge in [-0.3, -0.25) is 24.0 Å². The van der Waals surface area contributed by atoms with Crippen molar-refractivity contribution < 1.29 is 38.2 Å². The fourth-order valence-corrected chi connectivity index (χ4v) is 8.12. The molecule has 2 N–H and O–H groups in total. The first kappa shape index (κ1) is 61.8. The van der Waals surface area contributed by atoms with Gasteiger partial charge in [0, 0.05) is 76.5 Å². The number of Topliss-reactive ketones (excluding diaryl/α,β-unsaturated/α-hetero) is 3. The fraction of sp³-hybridized carbons (Fsp3) is 0.907. The van der Waals surface area contributed by atoms with Gasteiger partial charge in [0.05, 0.1) is 33.0 Å². The third kappa shape index (κ3) is 42.5. The van der Waals surface area contributed by atoms with Crippen molar-refractivity contribution in [3.8, 4) is 0 Å². The van der Waals surface area contributed by atoms with Gasteiger partial charge in [-0.1, -0.05) is 126 Å². The van der Waals surface area contributed by atoms with Crippen molar-refractivity contribution in [3.63, 3.8) is 0 Å². The molecule has 0 aromatic heterocycles. The van der Waals surface area contributed by atoms with Crippen LogP contribution in [-0.4, -0.2) is 81.9 Å². The Labute approximate surface area is 393 Å². The van der Waals surface area contributed by atoms with Crippen LogP contribution in [0.15, 0.2) is 0 Å². The molecular formula is C54H102N2O8. The molecule has 0 heterocycles. The smallest absolute Gasteiger partial charge is 0.222 e. The molecule has 10 heteroatoms. The molecular weight excluding hydrogens is 805 g/mol. The monoisotopic (exact) mass is 907 g/mol. The third-order valence-corrected chi connectivity index (χ3v) is 11.9. The molecule has 0 fully saturated rings. The Balaban J connectivity index is 4.81. The zero-order valence-corrected chi connectivity index (χ0v) is 43.0. The molecule has 0 saturated heterocycles. The first-order chi connectivity index (χ1) is 30.6. The Kier molecular flexibility index (Phi) is 40.8. The summed E-state index contributed by atoms with van der Waals surface area (Å²) in [6.07, 6.45) is 24.7. The van der Waals surface area contributed by atoms with E-state index in [1.54, 1.807) is 0 Å². The molecule has 2 amide bonds. The number of unbranched alkanes of at least 4 members (excludes halogenated alkanes) is 10. The van der Waals surface area contributed by atoms with Crippen molar-refractivity contribution in [2.45, 2.75) is 235 Å². The molecule has 376 valence electrons. The zero-order chi connectivity index (χ0) is 47.7. The summed E-state index contributed by atoms with van der Waals surface area (Å²) in [5.74, 6) is 3.37. The van der Waals surface area contributed by atoms with Crippen LogP contribution in [0, 0.1) is 29.1 Å². The fourth-order valence-electron chi connectivity index (χ4n) is 8.12. The highest BCUT2D eigenvalue weighted by Gasteiger charge is 2.33. The maximum absolute atomic E-state index is 12.7. The molecule has 0 spiro atoms. The van der Waals surface area contributed by atoms with Gasteiger partial charge in [0.1, 0.15) is 17.3 Å². The van der Waals surface area contributed by atoms with E-state index in [0.29, 0.717) is 126 Å². The number of rotatable bonds is 48. The van der Waals surface area contributed by atoms with Gasteiger partial charge in [-0.2, -0.15) is 0 Å². The van der Waals surface area contributed by atoms with Crippen LogP contribution >= 0.6 is 0 Å². The van der Waals surface area contributed by atoms with Crippen molar-refractivity contribution >= 4 is 29.2 Å². The van der Waals surface area contributed by atoms with E-state index in [2.05, 4.69) is 66.0 Å². The summed E-state index contributed by atoms with van der Waals surface area (Å²) in [4.78, 5) is 61.9. The van der Waals surface area contributed by atoms with Gasteiger partial charge in [0.15, 0.2) is 0 Å². The van der Waals surface area contributed by atoms with Gasteiger partial charge in [-0.05, 0) is 81.5 Å². The Bertz CT molecular complexity index is 1110. The maximum atomic E-state index is 12.7. The van der Waals surface area contributed by atoms with E-state index in [9.17, 15) is 24.0 Å². The van der Waals surface area contributed by atoms with Gasteiger partial charge < -0.3 is 24.8 Å². The topological polar surface area (TPSA) is 137 Å². The number of amides is 2. The summed E-state index contributed by atoms with van der Waals surface area (Å²) >= 11 is 0. The SMILES string of the molecule is CC(C)CCCCC(=O)CCCCCCCCOCC(COCCC(=O)CCCCCC(=O)CCCCC(C)C)(COCCC(=O)NCCCNC(=O)CCCCC(C)C)CC(C)C. The van der Waals surface area contributed by atoms with Crippen LogP contribution in [0.3, 0.4) is 0 Å². The molecule has 1 atom stereocenters. The molecule has 0 bridgehead atoms. The summed E-state index contributed by atoms with van der Waals surface area (Å²) in [5.41, 5.74) is -0.413. The number of ketones is 3. The lowest BCUT2D eigenvalue weighted by Crippen LogP contribution is -2.39. The number of carbonyl (C=O) groups excluding carboxylic acids is 5. The summed E-state index contributed by atoms with van der Waals surface area (Å²) in [5, 5.41) is 5.90. The molecule has 0 aliphatic heterocycles. The second kappa shape index (κ2) is 42.2. The summed E-state index contributed by atoms with van der Waals surface area (Å²) < 4.78 is 18.8. The quantitative estimate of drug-likeness (QED) is 0.0576. The van der Waals surface area contributed by atoms with E-state index in [0.717, 1.165) is 116 Å². The Morgan fingerprint density at radius 2 is 0.703 bits per heavy atom. The van der Waals surface area contributed by atoms with Crippen molar-refractivity contribution in [1.29, 1.82) is 0 Å². The highest BCUT2D eigenvalue weighted by molar-refractivity contribution is 5.79. The minimum atomic E-state index is -0.413. The van der Waals surface area contributed by atoms with E-state index < -0.39 is 5.41 Å². The summed E-state index contributed by atoms with van der Waals surface area (Å²) in [7, 11) is 0. The molecule has 10 nitrogen and oxygen atoms in total. The van der Waals surface area contributed by atoms with Crippen molar-refractivity contribution in [3.05, 3.63) is 0 Å². The molecule has 64 heavy (non-hydrogen) atoms. The first-order valence-corrected chi connectivity index (χ1v) is 26.5.